The third-order valence-corrected chi connectivity index (χ3v) is 4.68. The van der Waals surface area contributed by atoms with Crippen LogP contribution >= 0.6 is 0 Å². The highest BCUT2D eigenvalue weighted by Crippen LogP contribution is 2.30. The van der Waals surface area contributed by atoms with Crippen molar-refractivity contribution in [1.29, 1.82) is 0 Å². The average Bonchev–Trinajstić information content (AvgIpc) is 2.72. The summed E-state index contributed by atoms with van der Waals surface area (Å²) in [5.41, 5.74) is 0.995. The first-order chi connectivity index (χ1) is 9.73. The van der Waals surface area contributed by atoms with Crippen molar-refractivity contribution >= 4 is 10.1 Å². The number of rotatable bonds is 5. The molecule has 1 heterocycles. The second-order valence-electron chi connectivity index (χ2n) is 5.67. The minimum Gasteiger partial charge on any atom is -0.344 e. The molecule has 1 saturated heterocycles. The molecular formula is C15H22O5S. The van der Waals surface area contributed by atoms with E-state index in [0.717, 1.165) is 12.0 Å². The fourth-order valence-electron chi connectivity index (χ4n) is 2.33. The molecule has 1 fully saturated rings. The molecule has 6 heteroatoms. The molecule has 1 aromatic rings. The lowest BCUT2D eigenvalue weighted by molar-refractivity contribution is -0.148. The summed E-state index contributed by atoms with van der Waals surface area (Å²) < 4.78 is 40.8. The molecule has 21 heavy (non-hydrogen) atoms. The molecule has 5 nitrogen and oxygen atoms in total. The smallest absolute Gasteiger partial charge is 0.297 e. The number of ether oxygens (including phenoxy) is 2. The van der Waals surface area contributed by atoms with Gasteiger partial charge in [-0.3, -0.25) is 4.18 Å². The molecule has 0 N–H and O–H groups in total. The van der Waals surface area contributed by atoms with Gasteiger partial charge in [0.1, 0.15) is 6.10 Å². The van der Waals surface area contributed by atoms with Crippen molar-refractivity contribution in [1.82, 2.24) is 0 Å². The Morgan fingerprint density at radius 2 is 1.71 bits per heavy atom. The summed E-state index contributed by atoms with van der Waals surface area (Å²) in [6, 6.07) is 6.56. The molecule has 0 spiro atoms. The first-order valence-electron chi connectivity index (χ1n) is 7.05. The maximum absolute atomic E-state index is 12.1. The van der Waals surface area contributed by atoms with Gasteiger partial charge >= 0.3 is 0 Å². The van der Waals surface area contributed by atoms with Crippen molar-refractivity contribution in [2.75, 3.05) is 6.61 Å². The van der Waals surface area contributed by atoms with Crippen LogP contribution in [0.15, 0.2) is 29.2 Å². The van der Waals surface area contributed by atoms with E-state index in [4.69, 9.17) is 13.7 Å². The van der Waals surface area contributed by atoms with Crippen LogP contribution in [-0.2, 0) is 23.8 Å². The summed E-state index contributed by atoms with van der Waals surface area (Å²) in [5.74, 6) is -0.706. The van der Waals surface area contributed by atoms with Crippen molar-refractivity contribution in [3.8, 4) is 0 Å². The first-order valence-corrected chi connectivity index (χ1v) is 8.46. The second kappa shape index (κ2) is 6.04. The zero-order valence-corrected chi connectivity index (χ0v) is 13.6. The Morgan fingerprint density at radius 3 is 2.29 bits per heavy atom. The summed E-state index contributed by atoms with van der Waals surface area (Å²) in [6.07, 6.45) is 0.195. The van der Waals surface area contributed by atoms with Crippen molar-refractivity contribution < 1.29 is 22.1 Å². The van der Waals surface area contributed by atoms with Crippen molar-refractivity contribution in [3.05, 3.63) is 29.8 Å². The predicted octanol–water partition coefficient (Wildman–Crippen LogP) is 2.63. The van der Waals surface area contributed by atoms with Crippen LogP contribution in [0.1, 0.15) is 32.8 Å². The van der Waals surface area contributed by atoms with Gasteiger partial charge in [-0.2, -0.15) is 8.42 Å². The van der Waals surface area contributed by atoms with E-state index >= 15 is 0 Å². The fourth-order valence-corrected chi connectivity index (χ4v) is 3.24. The quantitative estimate of drug-likeness (QED) is 0.782. The Labute approximate surface area is 126 Å². The summed E-state index contributed by atoms with van der Waals surface area (Å²) in [4.78, 5) is 0.152. The highest BCUT2D eigenvalue weighted by Gasteiger charge is 2.41. The van der Waals surface area contributed by atoms with E-state index in [1.54, 1.807) is 12.1 Å². The van der Waals surface area contributed by atoms with E-state index in [1.165, 1.54) is 12.1 Å². The highest BCUT2D eigenvalue weighted by atomic mass is 32.2. The molecular weight excluding hydrogens is 292 g/mol. The van der Waals surface area contributed by atoms with Crippen LogP contribution in [0.2, 0.25) is 0 Å². The molecule has 2 atom stereocenters. The lowest BCUT2D eigenvalue weighted by atomic mass is 10.2. The lowest BCUT2D eigenvalue weighted by Gasteiger charge is -2.16. The van der Waals surface area contributed by atoms with Gasteiger partial charge in [0.2, 0.25) is 0 Å². The lowest BCUT2D eigenvalue weighted by Crippen LogP contribution is -2.28. The Bertz CT molecular complexity index is 577. The standard InChI is InChI=1S/C15H22O5S/c1-5-13-14(20-15(3,4)19-13)10-18-21(16,17)12-8-6-11(2)7-9-12/h6-9,13-14H,5,10H2,1-4H3/t13-,14-/m1/s1. The molecule has 118 valence electrons. The Hall–Kier alpha value is -0.950. The van der Waals surface area contributed by atoms with Crippen molar-refractivity contribution in [2.45, 2.75) is 57.0 Å². The molecule has 0 bridgehead atoms. The normalized spacial score (nSPS) is 25.1. The van der Waals surface area contributed by atoms with Gasteiger partial charge in [-0.05, 0) is 39.3 Å². The molecule has 0 saturated carbocycles. The van der Waals surface area contributed by atoms with E-state index in [1.807, 2.05) is 27.7 Å². The van der Waals surface area contributed by atoms with Crippen molar-refractivity contribution in [3.63, 3.8) is 0 Å². The van der Waals surface area contributed by atoms with Gasteiger partial charge in [-0.15, -0.1) is 0 Å². The minimum atomic E-state index is -3.77. The maximum Gasteiger partial charge on any atom is 0.297 e. The molecule has 0 aliphatic carbocycles. The van der Waals surface area contributed by atoms with Gasteiger partial charge in [-0.25, -0.2) is 0 Å². The number of hydrogen-bond donors (Lipinski definition) is 0. The van der Waals surface area contributed by atoms with Gasteiger partial charge in [0.15, 0.2) is 5.79 Å². The van der Waals surface area contributed by atoms with Crippen molar-refractivity contribution in [2.24, 2.45) is 0 Å². The van der Waals surface area contributed by atoms with Crippen LogP contribution in [0.3, 0.4) is 0 Å². The van der Waals surface area contributed by atoms with Crippen LogP contribution in [0, 0.1) is 6.92 Å². The molecule has 0 unspecified atom stereocenters. The van der Waals surface area contributed by atoms with Gasteiger partial charge in [0, 0.05) is 0 Å². The highest BCUT2D eigenvalue weighted by molar-refractivity contribution is 7.86. The number of aryl methyl sites for hydroxylation is 1. The molecule has 0 amide bonds. The Balaban J connectivity index is 2.03. The van der Waals surface area contributed by atoms with Gasteiger partial charge in [-0.1, -0.05) is 24.6 Å². The third-order valence-electron chi connectivity index (χ3n) is 3.38. The topological polar surface area (TPSA) is 61.8 Å². The predicted molar refractivity (Wildman–Crippen MR) is 78.4 cm³/mol. The average molecular weight is 314 g/mol. The summed E-state index contributed by atoms with van der Waals surface area (Å²) in [7, 11) is -3.77. The Morgan fingerprint density at radius 1 is 1.14 bits per heavy atom. The number of hydrogen-bond acceptors (Lipinski definition) is 5. The molecule has 0 radical (unpaired) electrons. The fraction of sp³-hybridized carbons (Fsp3) is 0.600. The monoisotopic (exact) mass is 314 g/mol. The molecule has 1 aromatic carbocycles. The van der Waals surface area contributed by atoms with E-state index in [0.29, 0.717) is 0 Å². The van der Waals surface area contributed by atoms with Crippen LogP contribution in [-0.4, -0.2) is 33.0 Å². The zero-order valence-electron chi connectivity index (χ0n) is 12.8. The van der Waals surface area contributed by atoms with Crippen LogP contribution in [0.4, 0.5) is 0 Å². The van der Waals surface area contributed by atoms with Gasteiger partial charge < -0.3 is 9.47 Å². The van der Waals surface area contributed by atoms with Gasteiger partial charge in [0.25, 0.3) is 10.1 Å². The van der Waals surface area contributed by atoms with E-state index < -0.39 is 15.9 Å². The molecule has 2 rings (SSSR count). The third kappa shape index (κ3) is 4.03. The zero-order chi connectivity index (χ0) is 15.7. The van der Waals surface area contributed by atoms with E-state index in [9.17, 15) is 8.42 Å². The van der Waals surface area contributed by atoms with Crippen LogP contribution in [0.5, 0.6) is 0 Å². The Kier molecular flexibility index (Phi) is 4.72. The minimum absolute atomic E-state index is 0.0435. The second-order valence-corrected chi connectivity index (χ2v) is 7.29. The van der Waals surface area contributed by atoms with Gasteiger partial charge in [0.05, 0.1) is 17.6 Å². The summed E-state index contributed by atoms with van der Waals surface area (Å²) in [6.45, 7) is 7.44. The molecule has 0 aromatic heterocycles. The van der Waals surface area contributed by atoms with Crippen LogP contribution in [0.25, 0.3) is 0 Å². The van der Waals surface area contributed by atoms with Crippen LogP contribution < -0.4 is 0 Å². The molecule has 1 aliphatic rings. The summed E-state index contributed by atoms with van der Waals surface area (Å²) >= 11 is 0. The summed E-state index contributed by atoms with van der Waals surface area (Å²) in [5, 5.41) is 0. The van der Waals surface area contributed by atoms with E-state index in [2.05, 4.69) is 0 Å². The molecule has 1 aliphatic heterocycles. The first kappa shape index (κ1) is 16.4. The largest absolute Gasteiger partial charge is 0.344 e. The van der Waals surface area contributed by atoms with E-state index in [-0.39, 0.29) is 23.7 Å². The number of benzene rings is 1. The maximum atomic E-state index is 12.1. The SMILES string of the molecule is CC[C@H]1OC(C)(C)O[C@@H]1COS(=O)(=O)c1ccc(C)cc1.